The molecule has 2 aromatic heterocycles. The molecule has 0 spiro atoms. The number of hydrogen-bond acceptors (Lipinski definition) is 5. The Morgan fingerprint density at radius 2 is 2.04 bits per heavy atom. The van der Waals surface area contributed by atoms with Gasteiger partial charge in [0.2, 0.25) is 0 Å². The van der Waals surface area contributed by atoms with Gasteiger partial charge in [-0.2, -0.15) is 0 Å². The molecule has 0 aliphatic carbocycles. The Kier molecular flexibility index (Phi) is 5.25. The SMILES string of the molecule is Cc1ccc(-n2cc(C(=O)NCC(c3cccs3)N(C)C)nn2)cc1. The van der Waals surface area contributed by atoms with Crippen molar-refractivity contribution < 1.29 is 4.79 Å². The van der Waals surface area contributed by atoms with Gasteiger partial charge < -0.3 is 10.2 Å². The average molecular weight is 355 g/mol. The van der Waals surface area contributed by atoms with Crippen molar-refractivity contribution in [3.63, 3.8) is 0 Å². The van der Waals surface area contributed by atoms with E-state index in [1.165, 1.54) is 10.4 Å². The van der Waals surface area contributed by atoms with Crippen molar-refractivity contribution in [2.24, 2.45) is 0 Å². The lowest BCUT2D eigenvalue weighted by Gasteiger charge is -2.23. The summed E-state index contributed by atoms with van der Waals surface area (Å²) >= 11 is 1.68. The molecule has 25 heavy (non-hydrogen) atoms. The largest absolute Gasteiger partial charge is 0.349 e. The quantitative estimate of drug-likeness (QED) is 0.738. The molecule has 1 aromatic carbocycles. The number of rotatable bonds is 6. The summed E-state index contributed by atoms with van der Waals surface area (Å²) in [4.78, 5) is 15.7. The minimum absolute atomic E-state index is 0.135. The van der Waals surface area contributed by atoms with E-state index in [-0.39, 0.29) is 11.9 Å². The molecule has 130 valence electrons. The van der Waals surface area contributed by atoms with Crippen molar-refractivity contribution in [1.29, 1.82) is 0 Å². The molecule has 0 saturated carbocycles. The van der Waals surface area contributed by atoms with Crippen LogP contribution in [0.15, 0.2) is 48.0 Å². The van der Waals surface area contributed by atoms with Gasteiger partial charge in [0.25, 0.3) is 5.91 Å². The second kappa shape index (κ2) is 7.58. The van der Waals surface area contributed by atoms with Gasteiger partial charge in [-0.1, -0.05) is 29.0 Å². The Bertz CT molecular complexity index is 824. The lowest BCUT2D eigenvalue weighted by atomic mass is 10.2. The predicted molar refractivity (Wildman–Crippen MR) is 99.2 cm³/mol. The van der Waals surface area contributed by atoms with Crippen molar-refractivity contribution in [3.8, 4) is 5.69 Å². The first-order valence-electron chi connectivity index (χ1n) is 8.02. The summed E-state index contributed by atoms with van der Waals surface area (Å²) in [6, 6.07) is 12.1. The maximum Gasteiger partial charge on any atom is 0.273 e. The van der Waals surface area contributed by atoms with Crippen LogP contribution in [0.1, 0.15) is 27.0 Å². The number of carbonyl (C=O) groups is 1. The molecule has 2 heterocycles. The molecule has 0 radical (unpaired) electrons. The van der Waals surface area contributed by atoms with E-state index in [9.17, 15) is 4.79 Å². The molecule has 1 unspecified atom stereocenters. The average Bonchev–Trinajstić information content (AvgIpc) is 3.27. The molecule has 6 nitrogen and oxygen atoms in total. The molecule has 0 aliphatic heterocycles. The number of aryl methyl sites for hydroxylation is 1. The molecule has 0 saturated heterocycles. The van der Waals surface area contributed by atoms with Crippen LogP contribution in [0.4, 0.5) is 0 Å². The zero-order valence-corrected chi connectivity index (χ0v) is 15.3. The number of likely N-dealkylation sites (N-methyl/N-ethyl adjacent to an activating group) is 1. The standard InChI is InChI=1S/C18H21N5OS/c1-13-6-8-14(9-7-13)23-12-15(20-21-23)18(24)19-11-16(22(2)3)17-5-4-10-25-17/h4-10,12,16H,11H2,1-3H3,(H,19,24). The minimum Gasteiger partial charge on any atom is -0.349 e. The highest BCUT2D eigenvalue weighted by atomic mass is 32.1. The summed E-state index contributed by atoms with van der Waals surface area (Å²) in [5.74, 6) is -0.221. The maximum absolute atomic E-state index is 12.4. The Morgan fingerprint density at radius 1 is 1.28 bits per heavy atom. The van der Waals surface area contributed by atoms with Crippen LogP contribution in [0, 0.1) is 6.92 Å². The van der Waals surface area contributed by atoms with Gasteiger partial charge in [-0.05, 0) is 44.6 Å². The predicted octanol–water partition coefficient (Wildman–Crippen LogP) is 2.67. The summed E-state index contributed by atoms with van der Waals surface area (Å²) in [7, 11) is 4.01. The minimum atomic E-state index is -0.221. The number of benzene rings is 1. The van der Waals surface area contributed by atoms with E-state index < -0.39 is 0 Å². The lowest BCUT2D eigenvalue weighted by molar-refractivity contribution is 0.0937. The zero-order chi connectivity index (χ0) is 17.8. The van der Waals surface area contributed by atoms with Crippen LogP contribution in [0.25, 0.3) is 5.69 Å². The number of hydrogen-bond donors (Lipinski definition) is 1. The number of carbonyl (C=O) groups excluding carboxylic acids is 1. The third kappa shape index (κ3) is 4.12. The van der Waals surface area contributed by atoms with E-state index in [4.69, 9.17) is 0 Å². The molecule has 1 atom stereocenters. The number of aromatic nitrogens is 3. The van der Waals surface area contributed by atoms with Crippen molar-refractivity contribution in [3.05, 3.63) is 64.1 Å². The van der Waals surface area contributed by atoms with Gasteiger partial charge in [-0.25, -0.2) is 4.68 Å². The molecular weight excluding hydrogens is 334 g/mol. The van der Waals surface area contributed by atoms with Gasteiger partial charge >= 0.3 is 0 Å². The topological polar surface area (TPSA) is 63.1 Å². The number of nitrogens with zero attached hydrogens (tertiary/aromatic N) is 4. The normalized spacial score (nSPS) is 12.3. The van der Waals surface area contributed by atoms with Crippen molar-refractivity contribution in [2.45, 2.75) is 13.0 Å². The molecule has 0 fully saturated rings. The van der Waals surface area contributed by atoms with Crippen LogP contribution < -0.4 is 5.32 Å². The Hall–Kier alpha value is -2.51. The fraction of sp³-hybridized carbons (Fsp3) is 0.278. The Labute approximate surface area is 151 Å². The van der Waals surface area contributed by atoms with Gasteiger partial charge in [0.15, 0.2) is 5.69 Å². The molecule has 7 heteroatoms. The summed E-state index contributed by atoms with van der Waals surface area (Å²) < 4.78 is 1.61. The second-order valence-electron chi connectivity index (χ2n) is 6.09. The lowest BCUT2D eigenvalue weighted by Crippen LogP contribution is -2.34. The maximum atomic E-state index is 12.4. The van der Waals surface area contributed by atoms with Crippen LogP contribution in [-0.2, 0) is 0 Å². The molecule has 1 N–H and O–H groups in total. The van der Waals surface area contributed by atoms with E-state index in [0.717, 1.165) is 5.69 Å². The second-order valence-corrected chi connectivity index (χ2v) is 7.07. The van der Waals surface area contributed by atoms with Crippen molar-refractivity contribution in [1.82, 2.24) is 25.2 Å². The number of nitrogens with one attached hydrogen (secondary N) is 1. The first-order valence-corrected chi connectivity index (χ1v) is 8.90. The fourth-order valence-corrected chi connectivity index (χ4v) is 3.41. The highest BCUT2D eigenvalue weighted by Crippen LogP contribution is 2.22. The fourth-order valence-electron chi connectivity index (χ4n) is 2.49. The molecular formula is C18H21N5OS. The van der Waals surface area contributed by atoms with E-state index in [2.05, 4.69) is 26.6 Å². The van der Waals surface area contributed by atoms with Gasteiger partial charge in [-0.15, -0.1) is 16.4 Å². The molecule has 3 rings (SSSR count). The van der Waals surface area contributed by atoms with Gasteiger partial charge in [0.1, 0.15) is 0 Å². The van der Waals surface area contributed by atoms with Crippen molar-refractivity contribution in [2.75, 3.05) is 20.6 Å². The van der Waals surface area contributed by atoms with Gasteiger partial charge in [0.05, 0.1) is 17.9 Å². The van der Waals surface area contributed by atoms with Crippen LogP contribution in [0.5, 0.6) is 0 Å². The smallest absolute Gasteiger partial charge is 0.273 e. The monoisotopic (exact) mass is 355 g/mol. The Morgan fingerprint density at radius 3 is 2.68 bits per heavy atom. The van der Waals surface area contributed by atoms with E-state index >= 15 is 0 Å². The first-order chi connectivity index (χ1) is 12.0. The van der Waals surface area contributed by atoms with Crippen LogP contribution in [-0.4, -0.2) is 46.4 Å². The van der Waals surface area contributed by atoms with Crippen LogP contribution in [0.2, 0.25) is 0 Å². The summed E-state index contributed by atoms with van der Waals surface area (Å²) in [6.07, 6.45) is 1.65. The summed E-state index contributed by atoms with van der Waals surface area (Å²) in [5.41, 5.74) is 2.36. The molecule has 1 amide bonds. The van der Waals surface area contributed by atoms with Crippen LogP contribution in [0.3, 0.4) is 0 Å². The third-order valence-electron chi connectivity index (χ3n) is 3.98. The number of amides is 1. The van der Waals surface area contributed by atoms with Gasteiger partial charge in [0, 0.05) is 11.4 Å². The van der Waals surface area contributed by atoms with E-state index in [1.807, 2.05) is 56.7 Å². The summed E-state index contributed by atoms with van der Waals surface area (Å²) in [6.45, 7) is 2.54. The molecule has 0 aliphatic rings. The van der Waals surface area contributed by atoms with Crippen LogP contribution >= 0.6 is 11.3 Å². The first kappa shape index (κ1) is 17.3. The summed E-state index contributed by atoms with van der Waals surface area (Å²) in [5, 5.41) is 13.0. The zero-order valence-electron chi connectivity index (χ0n) is 14.5. The molecule has 0 bridgehead atoms. The van der Waals surface area contributed by atoms with Gasteiger partial charge in [-0.3, -0.25) is 4.79 Å². The third-order valence-corrected chi connectivity index (χ3v) is 4.95. The van der Waals surface area contributed by atoms with E-state index in [0.29, 0.717) is 12.2 Å². The van der Waals surface area contributed by atoms with E-state index in [1.54, 1.807) is 22.2 Å². The highest BCUT2D eigenvalue weighted by Gasteiger charge is 2.18. The number of thiophene rings is 1. The Balaban J connectivity index is 1.66. The highest BCUT2D eigenvalue weighted by molar-refractivity contribution is 7.10. The molecule has 3 aromatic rings. The van der Waals surface area contributed by atoms with Crippen molar-refractivity contribution >= 4 is 17.2 Å².